The van der Waals surface area contributed by atoms with Gasteiger partial charge in [0.25, 0.3) is 0 Å². The van der Waals surface area contributed by atoms with Crippen molar-refractivity contribution in [2.45, 2.75) is 33.2 Å². The van der Waals surface area contributed by atoms with Crippen molar-refractivity contribution in [2.24, 2.45) is 0 Å². The van der Waals surface area contributed by atoms with Crippen LogP contribution in [0.3, 0.4) is 0 Å². The average molecular weight is 269 g/mol. The van der Waals surface area contributed by atoms with Crippen LogP contribution in [0.2, 0.25) is 0 Å². The number of likely N-dealkylation sites (N-methyl/N-ethyl adjacent to an activating group) is 1. The quantitative estimate of drug-likeness (QED) is 0.636. The van der Waals surface area contributed by atoms with Gasteiger partial charge in [-0.15, -0.1) is 5.10 Å². The molecule has 1 aromatic heterocycles. The Kier molecular flexibility index (Phi) is 6.88. The van der Waals surface area contributed by atoms with Crippen molar-refractivity contribution in [3.63, 3.8) is 0 Å². The number of aromatic nitrogens is 2. The van der Waals surface area contributed by atoms with Crippen molar-refractivity contribution in [1.82, 2.24) is 20.8 Å². The molecule has 0 fully saturated rings. The van der Waals surface area contributed by atoms with Crippen molar-refractivity contribution in [2.75, 3.05) is 31.6 Å². The third-order valence-corrected chi connectivity index (χ3v) is 2.44. The SMILES string of the molecule is CCCNCc1nnc(N(C)CC(=O)NCCC)o1. The Labute approximate surface area is 113 Å². The maximum Gasteiger partial charge on any atom is 0.318 e. The smallest absolute Gasteiger partial charge is 0.318 e. The van der Waals surface area contributed by atoms with Gasteiger partial charge in [-0.3, -0.25) is 4.79 Å². The Hall–Kier alpha value is -1.63. The van der Waals surface area contributed by atoms with Gasteiger partial charge < -0.3 is 20.0 Å². The molecule has 0 bridgehead atoms. The summed E-state index contributed by atoms with van der Waals surface area (Å²) in [7, 11) is 1.75. The van der Waals surface area contributed by atoms with E-state index in [-0.39, 0.29) is 12.5 Å². The predicted octanol–water partition coefficient (Wildman–Crippen LogP) is 0.532. The molecular formula is C12H23N5O2. The number of carbonyl (C=O) groups is 1. The molecule has 0 aromatic carbocycles. The largest absolute Gasteiger partial charge is 0.407 e. The van der Waals surface area contributed by atoms with E-state index in [2.05, 4.69) is 27.8 Å². The van der Waals surface area contributed by atoms with Crippen molar-refractivity contribution in [3.8, 4) is 0 Å². The normalized spacial score (nSPS) is 10.5. The van der Waals surface area contributed by atoms with Crippen LogP contribution in [0.15, 0.2) is 4.42 Å². The summed E-state index contributed by atoms with van der Waals surface area (Å²) in [5.41, 5.74) is 0. The summed E-state index contributed by atoms with van der Waals surface area (Å²) >= 11 is 0. The van der Waals surface area contributed by atoms with Gasteiger partial charge in [0.15, 0.2) is 0 Å². The molecule has 0 saturated heterocycles. The van der Waals surface area contributed by atoms with Gasteiger partial charge >= 0.3 is 6.01 Å². The van der Waals surface area contributed by atoms with Crippen LogP contribution in [0.5, 0.6) is 0 Å². The third-order valence-electron chi connectivity index (χ3n) is 2.44. The molecule has 0 spiro atoms. The standard InChI is InChI=1S/C12H23N5O2/c1-4-6-13-8-11-15-16-12(19-11)17(3)9-10(18)14-7-5-2/h13H,4-9H2,1-3H3,(H,14,18). The molecular weight excluding hydrogens is 246 g/mol. The number of rotatable bonds is 9. The van der Waals surface area contributed by atoms with Gasteiger partial charge in [0.2, 0.25) is 11.8 Å². The Morgan fingerprint density at radius 2 is 2.00 bits per heavy atom. The van der Waals surface area contributed by atoms with E-state index >= 15 is 0 Å². The first-order valence-electron chi connectivity index (χ1n) is 6.68. The average Bonchev–Trinajstić information content (AvgIpc) is 2.85. The van der Waals surface area contributed by atoms with Crippen LogP contribution >= 0.6 is 0 Å². The summed E-state index contributed by atoms with van der Waals surface area (Å²) in [5, 5.41) is 13.8. The molecule has 1 aromatic rings. The zero-order chi connectivity index (χ0) is 14.1. The summed E-state index contributed by atoms with van der Waals surface area (Å²) in [6, 6.07) is 0.361. The fourth-order valence-corrected chi connectivity index (χ4v) is 1.45. The molecule has 1 heterocycles. The Morgan fingerprint density at radius 3 is 2.68 bits per heavy atom. The minimum absolute atomic E-state index is 0.0480. The van der Waals surface area contributed by atoms with E-state index in [4.69, 9.17) is 4.42 Å². The van der Waals surface area contributed by atoms with Gasteiger partial charge in [0, 0.05) is 13.6 Å². The molecule has 7 nitrogen and oxygen atoms in total. The lowest BCUT2D eigenvalue weighted by atomic mass is 10.4. The monoisotopic (exact) mass is 269 g/mol. The molecule has 1 rings (SSSR count). The van der Waals surface area contributed by atoms with Crippen LogP contribution in [-0.2, 0) is 11.3 Å². The highest BCUT2D eigenvalue weighted by Crippen LogP contribution is 2.09. The summed E-state index contributed by atoms with van der Waals surface area (Å²) < 4.78 is 5.46. The number of anilines is 1. The molecule has 0 aliphatic heterocycles. The lowest BCUT2D eigenvalue weighted by Gasteiger charge is -2.13. The van der Waals surface area contributed by atoms with E-state index in [0.717, 1.165) is 19.4 Å². The highest BCUT2D eigenvalue weighted by atomic mass is 16.4. The Balaban J connectivity index is 2.39. The highest BCUT2D eigenvalue weighted by molar-refractivity contribution is 5.80. The third kappa shape index (κ3) is 5.69. The van der Waals surface area contributed by atoms with Crippen molar-refractivity contribution in [3.05, 3.63) is 5.89 Å². The first kappa shape index (κ1) is 15.4. The van der Waals surface area contributed by atoms with Gasteiger partial charge in [0.1, 0.15) is 6.54 Å². The summed E-state index contributed by atoms with van der Waals surface area (Å²) in [5.74, 6) is 0.484. The van der Waals surface area contributed by atoms with E-state index < -0.39 is 0 Å². The molecule has 19 heavy (non-hydrogen) atoms. The van der Waals surface area contributed by atoms with Crippen LogP contribution in [0.4, 0.5) is 6.01 Å². The molecule has 0 saturated carbocycles. The Morgan fingerprint density at radius 1 is 1.26 bits per heavy atom. The van der Waals surface area contributed by atoms with Crippen molar-refractivity contribution < 1.29 is 9.21 Å². The predicted molar refractivity (Wildman–Crippen MR) is 72.9 cm³/mol. The molecule has 0 aliphatic rings. The minimum atomic E-state index is -0.0480. The maximum absolute atomic E-state index is 11.5. The molecule has 7 heteroatoms. The second-order valence-electron chi connectivity index (χ2n) is 4.36. The minimum Gasteiger partial charge on any atom is -0.407 e. The second kappa shape index (κ2) is 8.47. The van der Waals surface area contributed by atoms with E-state index in [9.17, 15) is 4.79 Å². The number of amides is 1. The molecule has 0 atom stereocenters. The van der Waals surface area contributed by atoms with Crippen molar-refractivity contribution in [1.29, 1.82) is 0 Å². The summed E-state index contributed by atoms with van der Waals surface area (Å²) in [4.78, 5) is 13.2. The first-order valence-corrected chi connectivity index (χ1v) is 6.68. The van der Waals surface area contributed by atoms with E-state index in [1.165, 1.54) is 0 Å². The van der Waals surface area contributed by atoms with Gasteiger partial charge in [-0.2, -0.15) is 0 Å². The number of carbonyl (C=O) groups excluding carboxylic acids is 1. The van der Waals surface area contributed by atoms with Crippen molar-refractivity contribution >= 4 is 11.9 Å². The van der Waals surface area contributed by atoms with Gasteiger partial charge in [-0.05, 0) is 19.4 Å². The number of nitrogens with one attached hydrogen (secondary N) is 2. The van der Waals surface area contributed by atoms with Crippen LogP contribution in [-0.4, -0.2) is 42.8 Å². The summed E-state index contributed by atoms with van der Waals surface area (Å²) in [6.45, 7) is 6.46. The maximum atomic E-state index is 11.5. The van der Waals surface area contributed by atoms with E-state index in [1.54, 1.807) is 11.9 Å². The van der Waals surface area contributed by atoms with Crippen LogP contribution < -0.4 is 15.5 Å². The van der Waals surface area contributed by atoms with Crippen LogP contribution in [0, 0.1) is 0 Å². The lowest BCUT2D eigenvalue weighted by molar-refractivity contribution is -0.119. The van der Waals surface area contributed by atoms with E-state index in [1.807, 2.05) is 6.92 Å². The van der Waals surface area contributed by atoms with Gasteiger partial charge in [-0.25, -0.2) is 0 Å². The molecule has 2 N–H and O–H groups in total. The van der Waals surface area contributed by atoms with Gasteiger partial charge in [-0.1, -0.05) is 18.9 Å². The Bertz CT molecular complexity index is 380. The second-order valence-corrected chi connectivity index (χ2v) is 4.36. The molecule has 108 valence electrons. The lowest BCUT2D eigenvalue weighted by Crippen LogP contribution is -2.35. The highest BCUT2D eigenvalue weighted by Gasteiger charge is 2.13. The van der Waals surface area contributed by atoms with Crippen LogP contribution in [0.25, 0.3) is 0 Å². The molecule has 0 aliphatic carbocycles. The molecule has 0 radical (unpaired) electrons. The number of nitrogens with zero attached hydrogens (tertiary/aromatic N) is 3. The first-order chi connectivity index (χ1) is 9.17. The van der Waals surface area contributed by atoms with Crippen LogP contribution in [0.1, 0.15) is 32.6 Å². The fraction of sp³-hybridized carbons (Fsp3) is 0.750. The topological polar surface area (TPSA) is 83.3 Å². The number of hydrogen-bond donors (Lipinski definition) is 2. The summed E-state index contributed by atoms with van der Waals surface area (Å²) in [6.07, 6.45) is 1.97. The molecule has 0 unspecified atom stereocenters. The zero-order valence-corrected chi connectivity index (χ0v) is 11.9. The van der Waals surface area contributed by atoms with Gasteiger partial charge in [0.05, 0.1) is 6.54 Å². The number of hydrogen-bond acceptors (Lipinski definition) is 6. The van der Waals surface area contributed by atoms with E-state index in [0.29, 0.717) is 25.0 Å². The fourth-order valence-electron chi connectivity index (χ4n) is 1.45. The molecule has 1 amide bonds. The zero-order valence-electron chi connectivity index (χ0n) is 11.9.